The summed E-state index contributed by atoms with van der Waals surface area (Å²) in [5, 5.41) is 1.03. The van der Waals surface area contributed by atoms with Gasteiger partial charge in [-0.05, 0) is 12.1 Å². The Balaban J connectivity index is 2.19. The van der Waals surface area contributed by atoms with Crippen LogP contribution >= 0.6 is 0 Å². The Bertz CT molecular complexity index is 485. The molecule has 0 saturated carbocycles. The second-order valence-corrected chi connectivity index (χ2v) is 3.91. The lowest BCUT2D eigenvalue weighted by Gasteiger charge is -2.09. The average molecular weight is 233 g/mol. The maximum atomic E-state index is 11.4. The molecule has 4 heteroatoms. The summed E-state index contributed by atoms with van der Waals surface area (Å²) in [6.07, 6.45) is 0.470. The molecule has 90 valence electrons. The summed E-state index contributed by atoms with van der Waals surface area (Å²) >= 11 is 0. The second-order valence-electron chi connectivity index (χ2n) is 3.91. The Morgan fingerprint density at radius 1 is 1.47 bits per heavy atom. The Morgan fingerprint density at radius 3 is 2.88 bits per heavy atom. The van der Waals surface area contributed by atoms with E-state index < -0.39 is 0 Å². The number of para-hydroxylation sites is 1. The quantitative estimate of drug-likeness (QED) is 0.817. The van der Waals surface area contributed by atoms with Gasteiger partial charge in [-0.2, -0.15) is 0 Å². The largest absolute Gasteiger partial charge is 0.469 e. The number of esters is 1. The van der Waals surface area contributed by atoms with E-state index in [1.54, 1.807) is 0 Å². The van der Waals surface area contributed by atoms with E-state index in [4.69, 9.17) is 10.2 Å². The molecule has 1 aromatic heterocycles. The van der Waals surface area contributed by atoms with Crippen LogP contribution < -0.4 is 5.73 Å². The van der Waals surface area contributed by atoms with Crippen molar-refractivity contribution in [2.75, 3.05) is 13.7 Å². The van der Waals surface area contributed by atoms with Crippen molar-refractivity contribution >= 4 is 16.9 Å². The van der Waals surface area contributed by atoms with Crippen LogP contribution in [0.25, 0.3) is 11.0 Å². The van der Waals surface area contributed by atoms with Crippen LogP contribution in [0.3, 0.4) is 0 Å². The summed E-state index contributed by atoms with van der Waals surface area (Å²) in [7, 11) is 1.36. The molecule has 2 rings (SSSR count). The fourth-order valence-corrected chi connectivity index (χ4v) is 1.81. The van der Waals surface area contributed by atoms with Gasteiger partial charge in [0.2, 0.25) is 0 Å². The number of hydrogen-bond acceptors (Lipinski definition) is 4. The molecule has 1 heterocycles. The average Bonchev–Trinajstić information content (AvgIpc) is 2.77. The molecule has 2 aromatic rings. The molecule has 0 amide bonds. The van der Waals surface area contributed by atoms with Crippen molar-refractivity contribution in [3.8, 4) is 0 Å². The van der Waals surface area contributed by atoms with Crippen LogP contribution in [0.5, 0.6) is 0 Å². The number of benzene rings is 1. The number of rotatable bonds is 4. The summed E-state index contributed by atoms with van der Waals surface area (Å²) in [5.41, 5.74) is 6.37. The lowest BCUT2D eigenvalue weighted by molar-refractivity contribution is -0.145. The van der Waals surface area contributed by atoms with E-state index in [1.165, 1.54) is 7.11 Å². The van der Waals surface area contributed by atoms with E-state index in [1.807, 2.05) is 30.3 Å². The van der Waals surface area contributed by atoms with Crippen molar-refractivity contribution in [2.24, 2.45) is 11.7 Å². The Labute approximate surface area is 99.3 Å². The van der Waals surface area contributed by atoms with Gasteiger partial charge in [0.15, 0.2) is 0 Å². The molecule has 1 atom stereocenters. The van der Waals surface area contributed by atoms with Gasteiger partial charge in [0.25, 0.3) is 0 Å². The zero-order chi connectivity index (χ0) is 12.3. The van der Waals surface area contributed by atoms with Crippen LogP contribution in [0.1, 0.15) is 5.76 Å². The molecule has 2 N–H and O–H groups in total. The van der Waals surface area contributed by atoms with Gasteiger partial charge in [-0.1, -0.05) is 18.2 Å². The van der Waals surface area contributed by atoms with Crippen molar-refractivity contribution in [1.29, 1.82) is 0 Å². The number of carbonyl (C=O) groups is 1. The highest BCUT2D eigenvalue weighted by Gasteiger charge is 2.19. The normalized spacial score (nSPS) is 12.6. The van der Waals surface area contributed by atoms with Gasteiger partial charge < -0.3 is 14.9 Å². The molecule has 0 aliphatic heterocycles. The van der Waals surface area contributed by atoms with Crippen LogP contribution in [-0.4, -0.2) is 19.6 Å². The van der Waals surface area contributed by atoms with Crippen LogP contribution in [0.2, 0.25) is 0 Å². The number of nitrogens with two attached hydrogens (primary N) is 1. The lowest BCUT2D eigenvalue weighted by Crippen LogP contribution is -2.26. The fraction of sp³-hybridized carbons (Fsp3) is 0.308. The third-order valence-corrected chi connectivity index (χ3v) is 2.74. The lowest BCUT2D eigenvalue weighted by atomic mass is 10.0. The summed E-state index contributed by atoms with van der Waals surface area (Å²) in [6, 6.07) is 9.66. The van der Waals surface area contributed by atoms with Crippen LogP contribution in [-0.2, 0) is 16.0 Å². The first kappa shape index (κ1) is 11.7. The Kier molecular flexibility index (Phi) is 3.44. The molecule has 4 nitrogen and oxygen atoms in total. The van der Waals surface area contributed by atoms with Gasteiger partial charge in [0.1, 0.15) is 11.3 Å². The molecule has 0 spiro atoms. The third-order valence-electron chi connectivity index (χ3n) is 2.74. The van der Waals surface area contributed by atoms with Crippen molar-refractivity contribution < 1.29 is 13.9 Å². The number of hydrogen-bond donors (Lipinski definition) is 1. The first-order valence-corrected chi connectivity index (χ1v) is 5.50. The maximum absolute atomic E-state index is 11.4. The minimum absolute atomic E-state index is 0.254. The van der Waals surface area contributed by atoms with Crippen LogP contribution in [0, 0.1) is 5.92 Å². The van der Waals surface area contributed by atoms with Gasteiger partial charge >= 0.3 is 5.97 Å². The molecule has 0 aliphatic carbocycles. The molecular weight excluding hydrogens is 218 g/mol. The number of furan rings is 1. The van der Waals surface area contributed by atoms with E-state index >= 15 is 0 Å². The van der Waals surface area contributed by atoms with Crippen molar-refractivity contribution in [3.05, 3.63) is 36.1 Å². The van der Waals surface area contributed by atoms with E-state index in [9.17, 15) is 4.79 Å². The van der Waals surface area contributed by atoms with Gasteiger partial charge in [-0.25, -0.2) is 0 Å². The van der Waals surface area contributed by atoms with Gasteiger partial charge in [0, 0.05) is 18.4 Å². The highest BCUT2D eigenvalue weighted by Crippen LogP contribution is 2.21. The number of fused-ring (bicyclic) bond motifs is 1. The molecule has 0 bridgehead atoms. The summed E-state index contributed by atoms with van der Waals surface area (Å²) in [4.78, 5) is 11.4. The number of ether oxygens (including phenoxy) is 1. The van der Waals surface area contributed by atoms with Gasteiger partial charge in [-0.3, -0.25) is 4.79 Å². The van der Waals surface area contributed by atoms with Crippen LogP contribution in [0.4, 0.5) is 0 Å². The summed E-state index contributed by atoms with van der Waals surface area (Å²) < 4.78 is 10.3. The maximum Gasteiger partial charge on any atom is 0.310 e. The highest BCUT2D eigenvalue weighted by atomic mass is 16.5. The second kappa shape index (κ2) is 5.01. The molecule has 1 aromatic carbocycles. The Morgan fingerprint density at radius 2 is 2.24 bits per heavy atom. The van der Waals surface area contributed by atoms with Gasteiger partial charge in [-0.15, -0.1) is 0 Å². The van der Waals surface area contributed by atoms with E-state index in [2.05, 4.69) is 4.74 Å². The number of carbonyl (C=O) groups excluding carboxylic acids is 1. The monoisotopic (exact) mass is 233 g/mol. The van der Waals surface area contributed by atoms with E-state index in [0.717, 1.165) is 16.7 Å². The van der Waals surface area contributed by atoms with Crippen molar-refractivity contribution in [1.82, 2.24) is 0 Å². The standard InChI is InChI=1S/C13H15NO3/c1-16-13(15)10(8-14)7-11-6-9-4-2-3-5-12(9)17-11/h2-6,10H,7-8,14H2,1H3. The zero-order valence-electron chi connectivity index (χ0n) is 9.68. The first-order chi connectivity index (χ1) is 8.24. The molecule has 17 heavy (non-hydrogen) atoms. The van der Waals surface area contributed by atoms with Crippen molar-refractivity contribution in [3.63, 3.8) is 0 Å². The third kappa shape index (κ3) is 2.47. The SMILES string of the molecule is COC(=O)C(CN)Cc1cc2ccccc2o1. The molecule has 1 unspecified atom stereocenters. The van der Waals surface area contributed by atoms with E-state index in [-0.39, 0.29) is 18.4 Å². The van der Waals surface area contributed by atoms with E-state index in [0.29, 0.717) is 6.42 Å². The first-order valence-electron chi connectivity index (χ1n) is 5.50. The molecule has 0 fully saturated rings. The predicted octanol–water partition coefficient (Wildman–Crippen LogP) is 1.72. The zero-order valence-corrected chi connectivity index (χ0v) is 9.68. The van der Waals surface area contributed by atoms with Crippen molar-refractivity contribution in [2.45, 2.75) is 6.42 Å². The fourth-order valence-electron chi connectivity index (χ4n) is 1.81. The minimum Gasteiger partial charge on any atom is -0.469 e. The summed E-state index contributed by atoms with van der Waals surface area (Å²) in [5.74, 6) is 0.112. The number of methoxy groups -OCH3 is 1. The smallest absolute Gasteiger partial charge is 0.310 e. The Hall–Kier alpha value is -1.81. The predicted molar refractivity (Wildman–Crippen MR) is 64.5 cm³/mol. The topological polar surface area (TPSA) is 65.5 Å². The van der Waals surface area contributed by atoms with Crippen LogP contribution in [0.15, 0.2) is 34.7 Å². The summed E-state index contributed by atoms with van der Waals surface area (Å²) in [6.45, 7) is 0.254. The molecular formula is C13H15NO3. The van der Waals surface area contributed by atoms with Gasteiger partial charge in [0.05, 0.1) is 13.0 Å². The highest BCUT2D eigenvalue weighted by molar-refractivity contribution is 5.78. The minimum atomic E-state index is -0.347. The molecule has 0 saturated heterocycles. The molecule has 0 aliphatic rings. The molecule has 0 radical (unpaired) electrons.